The maximum Gasteiger partial charge on any atom is 0.251 e. The van der Waals surface area contributed by atoms with E-state index in [1.165, 1.54) is 0 Å². The molecule has 1 amide bonds. The van der Waals surface area contributed by atoms with Crippen LogP contribution in [0.4, 0.5) is 0 Å². The van der Waals surface area contributed by atoms with Crippen molar-refractivity contribution < 1.29 is 9.90 Å². The van der Waals surface area contributed by atoms with Gasteiger partial charge in [-0.25, -0.2) is 0 Å². The predicted molar refractivity (Wildman–Crippen MR) is 83.9 cm³/mol. The second-order valence-corrected chi connectivity index (χ2v) is 5.26. The molecule has 0 aliphatic rings. The molecule has 0 bridgehead atoms. The number of nitrogens with zero attached hydrogens (tertiary/aromatic N) is 1. The van der Waals surface area contributed by atoms with E-state index in [1.807, 2.05) is 31.2 Å². The zero-order valence-electron chi connectivity index (χ0n) is 12.8. The number of nitrogens with one attached hydrogen (secondary N) is 1. The summed E-state index contributed by atoms with van der Waals surface area (Å²) in [6, 6.07) is 11.5. The first-order chi connectivity index (χ1) is 10.1. The highest BCUT2D eigenvalue weighted by molar-refractivity contribution is 5.94. The van der Waals surface area contributed by atoms with Crippen LogP contribution in [0, 0.1) is 13.8 Å². The lowest BCUT2D eigenvalue weighted by Crippen LogP contribution is -2.36. The van der Waals surface area contributed by atoms with Gasteiger partial charge in [0, 0.05) is 22.6 Å². The van der Waals surface area contributed by atoms with Gasteiger partial charge < -0.3 is 15.0 Å². The van der Waals surface area contributed by atoms with Crippen LogP contribution < -0.4 is 5.32 Å². The van der Waals surface area contributed by atoms with Gasteiger partial charge in [0.25, 0.3) is 5.91 Å². The summed E-state index contributed by atoms with van der Waals surface area (Å²) in [7, 11) is 0. The minimum atomic E-state index is -0.189. The molecule has 0 aliphatic carbocycles. The fourth-order valence-electron chi connectivity index (χ4n) is 2.38. The molecule has 112 valence electrons. The fraction of sp³-hybridized carbons (Fsp3) is 0.353. The van der Waals surface area contributed by atoms with Gasteiger partial charge in [0.05, 0.1) is 12.6 Å². The van der Waals surface area contributed by atoms with Crippen molar-refractivity contribution in [1.29, 1.82) is 0 Å². The van der Waals surface area contributed by atoms with Crippen LogP contribution in [0.2, 0.25) is 0 Å². The Kier molecular flexibility index (Phi) is 4.81. The first-order valence-electron chi connectivity index (χ1n) is 7.24. The van der Waals surface area contributed by atoms with Crippen LogP contribution in [0.25, 0.3) is 5.69 Å². The number of hydrogen-bond donors (Lipinski definition) is 2. The van der Waals surface area contributed by atoms with Gasteiger partial charge in [-0.1, -0.05) is 6.92 Å². The summed E-state index contributed by atoms with van der Waals surface area (Å²) in [6.07, 6.45) is 0.710. The van der Waals surface area contributed by atoms with Crippen LogP contribution in [0.1, 0.15) is 35.1 Å². The van der Waals surface area contributed by atoms with Crippen LogP contribution in [-0.4, -0.2) is 28.2 Å². The highest BCUT2D eigenvalue weighted by Gasteiger charge is 2.11. The SMILES string of the molecule is CCC(CO)NC(=O)c1ccc(-n2c(C)ccc2C)cc1. The van der Waals surface area contributed by atoms with Gasteiger partial charge >= 0.3 is 0 Å². The van der Waals surface area contributed by atoms with Crippen LogP contribution in [-0.2, 0) is 0 Å². The molecule has 1 atom stereocenters. The van der Waals surface area contributed by atoms with Crippen LogP contribution in [0.15, 0.2) is 36.4 Å². The number of carbonyl (C=O) groups excluding carboxylic acids is 1. The summed E-state index contributed by atoms with van der Waals surface area (Å²) in [5, 5.41) is 11.9. The van der Waals surface area contributed by atoms with Gasteiger partial charge in [0.15, 0.2) is 0 Å². The molecule has 0 saturated heterocycles. The van der Waals surface area contributed by atoms with E-state index in [9.17, 15) is 4.79 Å². The third kappa shape index (κ3) is 3.34. The van der Waals surface area contributed by atoms with Crippen molar-refractivity contribution in [3.05, 3.63) is 53.3 Å². The Balaban J connectivity index is 2.18. The maximum absolute atomic E-state index is 12.1. The number of aryl methyl sites for hydroxylation is 2. The van der Waals surface area contributed by atoms with Crippen molar-refractivity contribution in [3.8, 4) is 5.69 Å². The van der Waals surface area contributed by atoms with Crippen molar-refractivity contribution >= 4 is 5.91 Å². The average Bonchev–Trinajstić information content (AvgIpc) is 2.84. The van der Waals surface area contributed by atoms with E-state index >= 15 is 0 Å². The zero-order valence-corrected chi connectivity index (χ0v) is 12.8. The first kappa shape index (κ1) is 15.3. The topological polar surface area (TPSA) is 54.3 Å². The van der Waals surface area contributed by atoms with E-state index in [2.05, 4.69) is 35.9 Å². The smallest absolute Gasteiger partial charge is 0.251 e. The number of amides is 1. The molecular weight excluding hydrogens is 264 g/mol. The Labute approximate surface area is 125 Å². The minimum absolute atomic E-state index is 0.0396. The number of rotatable bonds is 5. The lowest BCUT2D eigenvalue weighted by Gasteiger charge is -2.14. The molecule has 1 unspecified atom stereocenters. The van der Waals surface area contributed by atoms with E-state index in [1.54, 1.807) is 0 Å². The number of aliphatic hydroxyl groups excluding tert-OH is 1. The molecule has 0 aliphatic heterocycles. The fourth-order valence-corrected chi connectivity index (χ4v) is 2.38. The Morgan fingerprint density at radius 2 is 1.71 bits per heavy atom. The Bertz CT molecular complexity index is 591. The van der Waals surface area contributed by atoms with Crippen molar-refractivity contribution in [2.45, 2.75) is 33.2 Å². The molecule has 0 spiro atoms. The number of carbonyl (C=O) groups is 1. The molecule has 0 fully saturated rings. The molecule has 1 aromatic heterocycles. The summed E-state index contributed by atoms with van der Waals surface area (Å²) in [6.45, 7) is 6.01. The Morgan fingerprint density at radius 1 is 1.14 bits per heavy atom. The summed E-state index contributed by atoms with van der Waals surface area (Å²) in [5.74, 6) is -0.150. The molecule has 2 rings (SSSR count). The molecule has 0 saturated carbocycles. The average molecular weight is 286 g/mol. The molecule has 1 aromatic carbocycles. The van der Waals surface area contributed by atoms with Crippen molar-refractivity contribution in [2.75, 3.05) is 6.61 Å². The second kappa shape index (κ2) is 6.59. The number of hydrogen-bond acceptors (Lipinski definition) is 2. The zero-order chi connectivity index (χ0) is 15.4. The second-order valence-electron chi connectivity index (χ2n) is 5.26. The highest BCUT2D eigenvalue weighted by atomic mass is 16.3. The molecule has 2 N–H and O–H groups in total. The van der Waals surface area contributed by atoms with Gasteiger partial charge in [0.2, 0.25) is 0 Å². The molecule has 2 aromatic rings. The molecular formula is C17H22N2O2. The lowest BCUT2D eigenvalue weighted by molar-refractivity contribution is 0.0915. The third-order valence-electron chi connectivity index (χ3n) is 3.71. The van der Waals surface area contributed by atoms with E-state index < -0.39 is 0 Å². The first-order valence-corrected chi connectivity index (χ1v) is 7.24. The lowest BCUT2D eigenvalue weighted by atomic mass is 10.1. The van der Waals surface area contributed by atoms with E-state index in [-0.39, 0.29) is 18.6 Å². The standard InChI is InChI=1S/C17H22N2O2/c1-4-15(11-20)18-17(21)14-7-9-16(10-8-14)19-12(2)5-6-13(19)3/h5-10,15,20H,4,11H2,1-3H3,(H,18,21). The molecule has 1 heterocycles. The van der Waals surface area contributed by atoms with Crippen LogP contribution >= 0.6 is 0 Å². The normalized spacial score (nSPS) is 12.2. The third-order valence-corrected chi connectivity index (χ3v) is 3.71. The maximum atomic E-state index is 12.1. The number of aromatic nitrogens is 1. The van der Waals surface area contributed by atoms with Crippen LogP contribution in [0.3, 0.4) is 0 Å². The Hall–Kier alpha value is -2.07. The van der Waals surface area contributed by atoms with Crippen molar-refractivity contribution in [1.82, 2.24) is 9.88 Å². The van der Waals surface area contributed by atoms with Crippen molar-refractivity contribution in [3.63, 3.8) is 0 Å². The van der Waals surface area contributed by atoms with Gasteiger partial charge in [-0.3, -0.25) is 4.79 Å². The van der Waals surface area contributed by atoms with E-state index in [0.29, 0.717) is 12.0 Å². The van der Waals surface area contributed by atoms with Gasteiger partial charge in [-0.2, -0.15) is 0 Å². The molecule has 0 radical (unpaired) electrons. The number of benzene rings is 1. The monoisotopic (exact) mass is 286 g/mol. The van der Waals surface area contributed by atoms with E-state index in [0.717, 1.165) is 17.1 Å². The summed E-state index contributed by atoms with van der Waals surface area (Å²) < 4.78 is 2.14. The molecule has 4 nitrogen and oxygen atoms in total. The summed E-state index contributed by atoms with van der Waals surface area (Å²) >= 11 is 0. The molecule has 4 heteroatoms. The van der Waals surface area contributed by atoms with Gasteiger partial charge in [-0.15, -0.1) is 0 Å². The van der Waals surface area contributed by atoms with E-state index in [4.69, 9.17) is 5.11 Å². The summed E-state index contributed by atoms with van der Waals surface area (Å²) in [5.41, 5.74) is 3.97. The highest BCUT2D eigenvalue weighted by Crippen LogP contribution is 2.17. The largest absolute Gasteiger partial charge is 0.394 e. The van der Waals surface area contributed by atoms with Gasteiger partial charge in [-0.05, 0) is 56.7 Å². The minimum Gasteiger partial charge on any atom is -0.394 e. The summed E-state index contributed by atoms with van der Waals surface area (Å²) in [4.78, 5) is 12.1. The quantitative estimate of drug-likeness (QED) is 0.887. The predicted octanol–water partition coefficient (Wildman–Crippen LogP) is 2.59. The van der Waals surface area contributed by atoms with Gasteiger partial charge in [0.1, 0.15) is 0 Å². The van der Waals surface area contributed by atoms with Crippen molar-refractivity contribution in [2.24, 2.45) is 0 Å². The molecule has 21 heavy (non-hydrogen) atoms. The van der Waals surface area contributed by atoms with Crippen LogP contribution in [0.5, 0.6) is 0 Å². The number of aliphatic hydroxyl groups is 1. The Morgan fingerprint density at radius 3 is 2.19 bits per heavy atom.